The minimum absolute atomic E-state index is 0.360. The quantitative estimate of drug-likeness (QED) is 0.615. The fourth-order valence-electron chi connectivity index (χ4n) is 0.622. The van der Waals surface area contributed by atoms with Crippen molar-refractivity contribution in [3.8, 4) is 0 Å². The molecular weight excluding hydrogens is 171 g/mol. The molecule has 0 radical (unpaired) electrons. The number of nitrogens with zero attached hydrogens (tertiary/aromatic N) is 1. The molecule has 0 aromatic carbocycles. The summed E-state index contributed by atoms with van der Waals surface area (Å²) < 4.78 is 35.8. The van der Waals surface area contributed by atoms with Crippen molar-refractivity contribution >= 4 is 0 Å². The first-order valence-electron chi connectivity index (χ1n) is 3.09. The smallest absolute Gasteiger partial charge is 0.342 e. The topological polar surface area (TPSA) is 52.5 Å². The molecule has 6 heteroatoms. The average Bonchev–Trinajstić information content (AvgIpc) is 1.92. The van der Waals surface area contributed by atoms with E-state index in [0.717, 1.165) is 6.20 Å². The van der Waals surface area contributed by atoms with Gasteiger partial charge in [-0.1, -0.05) is 0 Å². The molecule has 1 heterocycles. The third kappa shape index (κ3) is 1.63. The number of H-pyrrole nitrogens is 1. The van der Waals surface area contributed by atoms with Crippen molar-refractivity contribution in [1.82, 2.24) is 9.97 Å². The molecule has 0 spiro atoms. The summed E-state index contributed by atoms with van der Waals surface area (Å²) in [6, 6.07) is 0. The van der Waals surface area contributed by atoms with Crippen LogP contribution in [-0.4, -0.2) is 9.97 Å². The number of aromatic amines is 1. The Bertz CT molecular complexity index is 339. The number of hydrogen-bond donors (Lipinski definition) is 2. The Morgan fingerprint density at radius 3 is 2.50 bits per heavy atom. The normalized spacial score (nSPS) is 11.7. The highest BCUT2D eigenvalue weighted by Gasteiger charge is 2.33. The summed E-state index contributed by atoms with van der Waals surface area (Å²) in [5.41, 5.74) is 0.0177. The Hall–Kier alpha value is -1.33. The molecule has 0 amide bonds. The molecule has 12 heavy (non-hydrogen) atoms. The maximum atomic E-state index is 11.9. The van der Waals surface area contributed by atoms with Crippen LogP contribution in [0.2, 0.25) is 0 Å². The highest BCUT2D eigenvalue weighted by molar-refractivity contribution is 5.02. The molecule has 0 atom stereocenters. The summed E-state index contributed by atoms with van der Waals surface area (Å²) in [6.07, 6.45) is -3.40. The van der Waals surface area contributed by atoms with E-state index in [-0.39, 0.29) is 5.49 Å². The summed E-state index contributed by atoms with van der Waals surface area (Å²) in [7, 11) is 0. The Morgan fingerprint density at radius 1 is 1.50 bits per heavy atom. The lowest BCUT2D eigenvalue weighted by Gasteiger charge is -2.04. The van der Waals surface area contributed by atoms with Gasteiger partial charge in [-0.2, -0.15) is 13.2 Å². The van der Waals surface area contributed by atoms with Crippen LogP contribution >= 0.6 is 0 Å². The first kappa shape index (κ1) is 8.76. The van der Waals surface area contributed by atoms with Crippen molar-refractivity contribution in [2.45, 2.75) is 13.1 Å². The van der Waals surface area contributed by atoms with Gasteiger partial charge in [-0.05, 0) is 6.92 Å². The van der Waals surface area contributed by atoms with Crippen LogP contribution in [-0.2, 0) is 6.18 Å². The monoisotopic (exact) mass is 177 g/mol. The van der Waals surface area contributed by atoms with Gasteiger partial charge in [-0.3, -0.25) is 5.41 Å². The van der Waals surface area contributed by atoms with E-state index >= 15 is 0 Å². The van der Waals surface area contributed by atoms with E-state index in [1.54, 1.807) is 0 Å². The summed E-state index contributed by atoms with van der Waals surface area (Å²) in [5, 5.41) is 7.01. The maximum absolute atomic E-state index is 11.9. The molecular formula is C6H6F3N3. The van der Waals surface area contributed by atoms with E-state index in [0.29, 0.717) is 5.56 Å². The molecule has 3 nitrogen and oxygen atoms in total. The number of nitrogens with one attached hydrogen (secondary N) is 2. The standard InChI is InChI=1S/C6H6F3N3/c1-3-2-11-5(6(7,8)9)12-4(3)10/h2H,1H3,(H2,10,11,12). The second-order valence-electron chi connectivity index (χ2n) is 2.28. The number of aromatic nitrogens is 2. The van der Waals surface area contributed by atoms with Crippen LogP contribution in [0.4, 0.5) is 13.2 Å². The molecule has 0 saturated heterocycles. The zero-order valence-electron chi connectivity index (χ0n) is 6.16. The minimum atomic E-state index is -4.51. The average molecular weight is 177 g/mol. The Morgan fingerprint density at radius 2 is 2.08 bits per heavy atom. The second kappa shape index (κ2) is 2.62. The zero-order chi connectivity index (χ0) is 9.35. The predicted octanol–water partition coefficient (Wildman–Crippen LogP) is 1.22. The predicted molar refractivity (Wildman–Crippen MR) is 34.2 cm³/mol. The molecule has 0 aliphatic carbocycles. The molecule has 0 aliphatic heterocycles. The third-order valence-electron chi connectivity index (χ3n) is 1.29. The first-order chi connectivity index (χ1) is 5.41. The SMILES string of the molecule is Cc1c[nH]c(C(F)(F)F)nc1=N. The highest BCUT2D eigenvalue weighted by Crippen LogP contribution is 2.24. The first-order valence-corrected chi connectivity index (χ1v) is 3.09. The number of aryl methyl sites for hydroxylation is 1. The van der Waals surface area contributed by atoms with E-state index in [2.05, 4.69) is 4.98 Å². The molecule has 1 aromatic heterocycles. The largest absolute Gasteiger partial charge is 0.449 e. The van der Waals surface area contributed by atoms with Gasteiger partial charge < -0.3 is 4.98 Å². The van der Waals surface area contributed by atoms with Gasteiger partial charge in [-0.25, -0.2) is 4.98 Å². The number of rotatable bonds is 0. The number of alkyl halides is 3. The highest BCUT2D eigenvalue weighted by atomic mass is 19.4. The summed E-state index contributed by atoms with van der Waals surface area (Å²) in [4.78, 5) is 4.99. The minimum Gasteiger partial charge on any atom is -0.342 e. The van der Waals surface area contributed by atoms with Crippen LogP contribution in [0.25, 0.3) is 0 Å². The van der Waals surface area contributed by atoms with Gasteiger partial charge in [0.25, 0.3) is 0 Å². The Balaban J connectivity index is 3.23. The van der Waals surface area contributed by atoms with Gasteiger partial charge in [0.1, 0.15) is 0 Å². The Kier molecular flexibility index (Phi) is 1.91. The number of hydrogen-bond acceptors (Lipinski definition) is 2. The van der Waals surface area contributed by atoms with Crippen molar-refractivity contribution < 1.29 is 13.2 Å². The van der Waals surface area contributed by atoms with Crippen LogP contribution in [0, 0.1) is 12.3 Å². The van der Waals surface area contributed by atoms with Crippen molar-refractivity contribution in [2.24, 2.45) is 0 Å². The van der Waals surface area contributed by atoms with Gasteiger partial charge in [0, 0.05) is 11.8 Å². The van der Waals surface area contributed by atoms with Gasteiger partial charge in [0.15, 0.2) is 5.49 Å². The molecule has 0 fully saturated rings. The van der Waals surface area contributed by atoms with E-state index in [1.165, 1.54) is 6.92 Å². The molecule has 0 saturated carbocycles. The fourth-order valence-corrected chi connectivity index (χ4v) is 0.622. The van der Waals surface area contributed by atoms with E-state index < -0.39 is 12.0 Å². The van der Waals surface area contributed by atoms with E-state index in [4.69, 9.17) is 5.41 Å². The lowest BCUT2D eigenvalue weighted by Crippen LogP contribution is -2.20. The van der Waals surface area contributed by atoms with Crippen LogP contribution in [0.15, 0.2) is 6.20 Å². The van der Waals surface area contributed by atoms with Gasteiger partial charge in [-0.15, -0.1) is 0 Å². The molecule has 2 N–H and O–H groups in total. The van der Waals surface area contributed by atoms with Crippen molar-refractivity contribution in [3.63, 3.8) is 0 Å². The van der Waals surface area contributed by atoms with Crippen molar-refractivity contribution in [2.75, 3.05) is 0 Å². The lowest BCUT2D eigenvalue weighted by molar-refractivity contribution is -0.145. The molecule has 1 rings (SSSR count). The van der Waals surface area contributed by atoms with Crippen LogP contribution in [0.5, 0.6) is 0 Å². The van der Waals surface area contributed by atoms with Gasteiger partial charge in [0.2, 0.25) is 5.82 Å². The van der Waals surface area contributed by atoms with E-state index in [9.17, 15) is 13.2 Å². The van der Waals surface area contributed by atoms with Gasteiger partial charge in [0.05, 0.1) is 0 Å². The van der Waals surface area contributed by atoms with Gasteiger partial charge >= 0.3 is 6.18 Å². The number of halogens is 3. The molecule has 0 aliphatic rings. The fraction of sp³-hybridized carbons (Fsp3) is 0.333. The maximum Gasteiger partial charge on any atom is 0.449 e. The van der Waals surface area contributed by atoms with E-state index in [1.807, 2.05) is 4.98 Å². The van der Waals surface area contributed by atoms with Crippen molar-refractivity contribution in [1.29, 1.82) is 5.41 Å². The lowest BCUT2D eigenvalue weighted by atomic mass is 10.4. The molecule has 0 bridgehead atoms. The molecule has 66 valence electrons. The van der Waals surface area contributed by atoms with Crippen molar-refractivity contribution in [3.05, 3.63) is 23.1 Å². The summed E-state index contributed by atoms with van der Waals surface area (Å²) in [6.45, 7) is 1.51. The molecule has 0 unspecified atom stereocenters. The third-order valence-corrected chi connectivity index (χ3v) is 1.29. The zero-order valence-corrected chi connectivity index (χ0v) is 6.16. The van der Waals surface area contributed by atoms with Crippen LogP contribution in [0.1, 0.15) is 11.4 Å². The summed E-state index contributed by atoms with van der Waals surface area (Å²) in [5.74, 6) is -1.14. The Labute approximate surface area is 65.8 Å². The van der Waals surface area contributed by atoms with Crippen LogP contribution < -0.4 is 5.49 Å². The summed E-state index contributed by atoms with van der Waals surface area (Å²) >= 11 is 0. The molecule has 1 aromatic rings. The second-order valence-corrected chi connectivity index (χ2v) is 2.28. The van der Waals surface area contributed by atoms with Crippen LogP contribution in [0.3, 0.4) is 0 Å².